The lowest BCUT2D eigenvalue weighted by Crippen LogP contribution is -2.46. The average molecular weight is 297 g/mol. The van der Waals surface area contributed by atoms with Crippen LogP contribution in [0.4, 0.5) is 22.0 Å². The van der Waals surface area contributed by atoms with Gasteiger partial charge in [-0.15, -0.1) is 13.2 Å². The highest BCUT2D eigenvalue weighted by molar-refractivity contribution is 5.44. The van der Waals surface area contributed by atoms with Gasteiger partial charge in [-0.1, -0.05) is 6.07 Å². The molecular formula is C12H12F5NO2. The van der Waals surface area contributed by atoms with E-state index in [4.69, 9.17) is 10.5 Å². The summed E-state index contributed by atoms with van der Waals surface area (Å²) in [5, 5.41) is 0. The van der Waals surface area contributed by atoms with E-state index in [9.17, 15) is 22.0 Å². The second kappa shape index (κ2) is 5.08. The van der Waals surface area contributed by atoms with Crippen LogP contribution in [0.15, 0.2) is 18.2 Å². The zero-order chi connectivity index (χ0) is 15.0. The number of hydrogen-bond acceptors (Lipinski definition) is 3. The van der Waals surface area contributed by atoms with Gasteiger partial charge in [0.25, 0.3) is 0 Å². The van der Waals surface area contributed by atoms with Crippen LogP contribution in [0.5, 0.6) is 11.5 Å². The number of rotatable bonds is 3. The Morgan fingerprint density at radius 3 is 2.50 bits per heavy atom. The minimum absolute atomic E-state index is 0.0908. The summed E-state index contributed by atoms with van der Waals surface area (Å²) < 4.78 is 71.2. The highest BCUT2D eigenvalue weighted by Gasteiger charge is 2.41. The molecule has 8 heteroatoms. The largest absolute Gasteiger partial charge is 0.573 e. The zero-order valence-corrected chi connectivity index (χ0v) is 10.2. The molecule has 3 nitrogen and oxygen atoms in total. The molecule has 1 heterocycles. The van der Waals surface area contributed by atoms with Crippen molar-refractivity contribution in [3.8, 4) is 11.5 Å². The lowest BCUT2D eigenvalue weighted by atomic mass is 9.89. The van der Waals surface area contributed by atoms with Gasteiger partial charge < -0.3 is 15.2 Å². The Kier molecular flexibility index (Phi) is 3.77. The van der Waals surface area contributed by atoms with Crippen LogP contribution in [-0.2, 0) is 0 Å². The summed E-state index contributed by atoms with van der Waals surface area (Å²) in [6.07, 6.45) is -4.95. The van der Waals surface area contributed by atoms with E-state index >= 15 is 0 Å². The monoisotopic (exact) mass is 297 g/mol. The SMILES string of the molecule is NC1CC(CF)(CF)Oc2cc(OC(F)(F)F)ccc21. The first kappa shape index (κ1) is 14.8. The first-order valence-electron chi connectivity index (χ1n) is 5.75. The van der Waals surface area contributed by atoms with Gasteiger partial charge in [0.15, 0.2) is 5.60 Å². The van der Waals surface area contributed by atoms with E-state index in [2.05, 4.69) is 4.74 Å². The summed E-state index contributed by atoms with van der Waals surface area (Å²) in [7, 11) is 0. The minimum Gasteiger partial charge on any atom is -0.481 e. The number of halogens is 5. The van der Waals surface area contributed by atoms with Gasteiger partial charge in [0, 0.05) is 24.1 Å². The topological polar surface area (TPSA) is 44.5 Å². The molecule has 1 unspecified atom stereocenters. The third-order valence-electron chi connectivity index (χ3n) is 3.02. The van der Waals surface area contributed by atoms with Gasteiger partial charge >= 0.3 is 6.36 Å². The molecule has 0 saturated carbocycles. The fourth-order valence-corrected chi connectivity index (χ4v) is 2.09. The van der Waals surface area contributed by atoms with Crippen molar-refractivity contribution in [2.24, 2.45) is 5.73 Å². The van der Waals surface area contributed by atoms with Crippen LogP contribution in [0.1, 0.15) is 18.0 Å². The Hall–Kier alpha value is -1.57. The van der Waals surface area contributed by atoms with E-state index in [-0.39, 0.29) is 12.2 Å². The lowest BCUT2D eigenvalue weighted by molar-refractivity contribution is -0.274. The molecule has 1 aliphatic rings. The third kappa shape index (κ3) is 2.95. The van der Waals surface area contributed by atoms with E-state index in [0.717, 1.165) is 12.1 Å². The van der Waals surface area contributed by atoms with Crippen molar-refractivity contribution in [1.29, 1.82) is 0 Å². The molecule has 1 atom stereocenters. The molecule has 0 radical (unpaired) electrons. The summed E-state index contributed by atoms with van der Waals surface area (Å²) in [5.74, 6) is -0.627. The summed E-state index contributed by atoms with van der Waals surface area (Å²) >= 11 is 0. The Labute approximate surface area is 111 Å². The number of alkyl halides is 5. The molecule has 0 bridgehead atoms. The standard InChI is InChI=1S/C12H12F5NO2/c13-5-11(6-14)4-9(18)8-2-1-7(3-10(8)20-11)19-12(15,16)17/h1-3,9H,4-6,18H2. The molecule has 0 fully saturated rings. The quantitative estimate of drug-likeness (QED) is 0.872. The van der Waals surface area contributed by atoms with Gasteiger partial charge in [-0.05, 0) is 6.07 Å². The van der Waals surface area contributed by atoms with E-state index in [1.807, 2.05) is 0 Å². The first-order chi connectivity index (χ1) is 9.28. The Morgan fingerprint density at radius 2 is 1.95 bits per heavy atom. The predicted molar refractivity (Wildman–Crippen MR) is 60.0 cm³/mol. The van der Waals surface area contributed by atoms with Crippen LogP contribution in [0, 0.1) is 0 Å². The van der Waals surface area contributed by atoms with Crippen molar-refractivity contribution in [3.63, 3.8) is 0 Å². The smallest absolute Gasteiger partial charge is 0.481 e. The Morgan fingerprint density at radius 1 is 1.30 bits per heavy atom. The summed E-state index contributed by atoms with van der Waals surface area (Å²) in [4.78, 5) is 0. The van der Waals surface area contributed by atoms with Crippen molar-refractivity contribution in [3.05, 3.63) is 23.8 Å². The molecule has 112 valence electrons. The van der Waals surface area contributed by atoms with Gasteiger partial charge in [-0.2, -0.15) is 0 Å². The molecule has 0 amide bonds. The maximum absolute atomic E-state index is 12.9. The van der Waals surface area contributed by atoms with Crippen molar-refractivity contribution >= 4 is 0 Å². The fourth-order valence-electron chi connectivity index (χ4n) is 2.09. The highest BCUT2D eigenvalue weighted by Crippen LogP contribution is 2.41. The van der Waals surface area contributed by atoms with Crippen molar-refractivity contribution < 1.29 is 31.4 Å². The van der Waals surface area contributed by atoms with Gasteiger partial charge in [-0.25, -0.2) is 8.78 Å². The van der Waals surface area contributed by atoms with E-state index in [0.29, 0.717) is 5.56 Å². The van der Waals surface area contributed by atoms with Gasteiger partial charge in [0.05, 0.1) is 0 Å². The minimum atomic E-state index is -4.86. The molecule has 1 aromatic rings. The van der Waals surface area contributed by atoms with Crippen LogP contribution < -0.4 is 15.2 Å². The first-order valence-corrected chi connectivity index (χ1v) is 5.75. The summed E-state index contributed by atoms with van der Waals surface area (Å²) in [6.45, 7) is -2.25. The van der Waals surface area contributed by atoms with Gasteiger partial charge in [-0.3, -0.25) is 0 Å². The zero-order valence-electron chi connectivity index (χ0n) is 10.2. The number of benzene rings is 1. The second-order valence-electron chi connectivity index (χ2n) is 4.61. The second-order valence-corrected chi connectivity index (χ2v) is 4.61. The summed E-state index contributed by atoms with van der Waals surface area (Å²) in [5.41, 5.74) is 4.41. The molecule has 1 aliphatic heterocycles. The lowest BCUT2D eigenvalue weighted by Gasteiger charge is -2.37. The van der Waals surface area contributed by atoms with Crippen LogP contribution in [0.2, 0.25) is 0 Å². The van der Waals surface area contributed by atoms with E-state index in [1.54, 1.807) is 0 Å². The molecular weight excluding hydrogens is 285 g/mol. The predicted octanol–water partition coefficient (Wildman–Crippen LogP) is 3.05. The number of nitrogens with two attached hydrogens (primary N) is 1. The fraction of sp³-hybridized carbons (Fsp3) is 0.500. The number of fused-ring (bicyclic) bond motifs is 1. The normalized spacial score (nSPS) is 21.0. The Bertz CT molecular complexity index is 487. The molecule has 0 spiro atoms. The van der Waals surface area contributed by atoms with Gasteiger partial charge in [0.1, 0.15) is 24.8 Å². The molecule has 0 aromatic heterocycles. The maximum Gasteiger partial charge on any atom is 0.573 e. The third-order valence-corrected chi connectivity index (χ3v) is 3.02. The number of ether oxygens (including phenoxy) is 2. The van der Waals surface area contributed by atoms with Gasteiger partial charge in [0.2, 0.25) is 0 Å². The van der Waals surface area contributed by atoms with Crippen LogP contribution in [-0.4, -0.2) is 25.3 Å². The van der Waals surface area contributed by atoms with Crippen LogP contribution in [0.3, 0.4) is 0 Å². The van der Waals surface area contributed by atoms with E-state index in [1.165, 1.54) is 6.07 Å². The molecule has 1 aromatic carbocycles. The van der Waals surface area contributed by atoms with E-state index < -0.39 is 37.1 Å². The molecule has 0 saturated heterocycles. The number of hydrogen-bond donors (Lipinski definition) is 1. The maximum atomic E-state index is 12.9. The Balaban J connectivity index is 2.33. The molecule has 0 aliphatic carbocycles. The molecule has 20 heavy (non-hydrogen) atoms. The van der Waals surface area contributed by atoms with Crippen LogP contribution >= 0.6 is 0 Å². The summed E-state index contributed by atoms with van der Waals surface area (Å²) in [6, 6.07) is 2.58. The van der Waals surface area contributed by atoms with Crippen molar-refractivity contribution in [2.45, 2.75) is 24.4 Å². The van der Waals surface area contributed by atoms with Crippen LogP contribution in [0.25, 0.3) is 0 Å². The molecule has 2 N–H and O–H groups in total. The highest BCUT2D eigenvalue weighted by atomic mass is 19.4. The van der Waals surface area contributed by atoms with Crippen molar-refractivity contribution in [1.82, 2.24) is 0 Å². The average Bonchev–Trinajstić information content (AvgIpc) is 2.36. The molecule has 2 rings (SSSR count). The van der Waals surface area contributed by atoms with Crippen molar-refractivity contribution in [2.75, 3.05) is 13.3 Å².